The van der Waals surface area contributed by atoms with Crippen LogP contribution in [0.4, 0.5) is 0 Å². The van der Waals surface area contributed by atoms with Gasteiger partial charge in [0.25, 0.3) is 5.91 Å². The Morgan fingerprint density at radius 2 is 1.82 bits per heavy atom. The maximum Gasteiger partial charge on any atom is 0.256 e. The van der Waals surface area contributed by atoms with E-state index in [4.69, 9.17) is 0 Å². The smallest absolute Gasteiger partial charge is 0.256 e. The number of aromatic nitrogens is 2. The molecule has 0 aromatic carbocycles. The van der Waals surface area contributed by atoms with Crippen molar-refractivity contribution in [2.45, 2.75) is 78.0 Å². The lowest BCUT2D eigenvalue weighted by atomic mass is 9.77. The highest BCUT2D eigenvalue weighted by atomic mass is 16.2. The molecule has 0 unspecified atom stereocenters. The summed E-state index contributed by atoms with van der Waals surface area (Å²) < 4.78 is 1.88. The number of hydrogen-bond acceptors (Lipinski definition) is 4. The maximum atomic E-state index is 13.1. The molecule has 0 spiro atoms. The second kappa shape index (κ2) is 6.99. The first-order valence-electron chi connectivity index (χ1n) is 10.0. The molecule has 2 aromatic rings. The van der Waals surface area contributed by atoms with Crippen molar-refractivity contribution in [2.75, 3.05) is 7.05 Å². The third-order valence-electron chi connectivity index (χ3n) is 6.29. The molecule has 152 valence electrons. The molecule has 1 aliphatic rings. The molecule has 1 N–H and O–H groups in total. The second-order valence-corrected chi connectivity index (χ2v) is 9.24. The minimum Gasteiger partial charge on any atom is -0.349 e. The SMILES string of the molecule is CCn1cc(C(=O)NC2CC(C)(C)N(C)C(C)(C)C2)c(=O)c2ccc(C)nc21. The number of hydrogen-bond donors (Lipinski definition) is 1. The Bertz CT molecular complexity index is 956. The third kappa shape index (κ3) is 3.58. The van der Waals surface area contributed by atoms with Crippen LogP contribution in [0.2, 0.25) is 0 Å². The van der Waals surface area contributed by atoms with Gasteiger partial charge in [-0.2, -0.15) is 0 Å². The van der Waals surface area contributed by atoms with Crippen molar-refractivity contribution in [1.29, 1.82) is 0 Å². The van der Waals surface area contributed by atoms with Crippen LogP contribution >= 0.6 is 0 Å². The Hall–Kier alpha value is -2.21. The first kappa shape index (κ1) is 20.5. The predicted molar refractivity (Wildman–Crippen MR) is 113 cm³/mol. The van der Waals surface area contributed by atoms with Crippen molar-refractivity contribution >= 4 is 16.9 Å². The second-order valence-electron chi connectivity index (χ2n) is 9.24. The highest BCUT2D eigenvalue weighted by Crippen LogP contribution is 2.36. The fourth-order valence-corrected chi connectivity index (χ4v) is 4.50. The number of nitrogens with one attached hydrogen (secondary N) is 1. The van der Waals surface area contributed by atoms with Gasteiger partial charge in [0.2, 0.25) is 5.43 Å². The van der Waals surface area contributed by atoms with E-state index in [1.54, 1.807) is 12.3 Å². The largest absolute Gasteiger partial charge is 0.349 e. The number of piperidine rings is 1. The van der Waals surface area contributed by atoms with Gasteiger partial charge in [-0.3, -0.25) is 14.5 Å². The number of nitrogens with zero attached hydrogens (tertiary/aromatic N) is 3. The highest BCUT2D eigenvalue weighted by molar-refractivity contribution is 5.97. The van der Waals surface area contributed by atoms with E-state index in [1.165, 1.54) is 0 Å². The summed E-state index contributed by atoms with van der Waals surface area (Å²) in [5.41, 5.74) is 1.35. The Kier molecular flexibility index (Phi) is 5.13. The zero-order valence-corrected chi connectivity index (χ0v) is 18.1. The normalized spacial score (nSPS) is 19.7. The topological polar surface area (TPSA) is 67.2 Å². The maximum absolute atomic E-state index is 13.1. The van der Waals surface area contributed by atoms with Crippen molar-refractivity contribution in [3.05, 3.63) is 39.8 Å². The van der Waals surface area contributed by atoms with Gasteiger partial charge in [0, 0.05) is 35.6 Å². The number of aryl methyl sites for hydroxylation is 2. The van der Waals surface area contributed by atoms with Gasteiger partial charge in [0.15, 0.2) is 0 Å². The molecule has 1 aliphatic heterocycles. The summed E-state index contributed by atoms with van der Waals surface area (Å²) in [7, 11) is 2.14. The van der Waals surface area contributed by atoms with E-state index in [1.807, 2.05) is 24.5 Å². The molecule has 0 aliphatic carbocycles. The Balaban J connectivity index is 1.95. The molecule has 0 atom stereocenters. The Morgan fingerprint density at radius 3 is 2.39 bits per heavy atom. The first-order valence-corrected chi connectivity index (χ1v) is 10.0. The molecule has 0 radical (unpaired) electrons. The molecule has 1 saturated heterocycles. The summed E-state index contributed by atoms with van der Waals surface area (Å²) >= 11 is 0. The van der Waals surface area contributed by atoms with Crippen LogP contribution in [-0.2, 0) is 6.54 Å². The van der Waals surface area contributed by atoms with Crippen molar-refractivity contribution in [1.82, 2.24) is 19.8 Å². The van der Waals surface area contributed by atoms with Crippen LogP contribution in [0.1, 0.15) is 63.5 Å². The van der Waals surface area contributed by atoms with E-state index in [0.29, 0.717) is 17.6 Å². The van der Waals surface area contributed by atoms with Crippen LogP contribution in [-0.4, -0.2) is 44.5 Å². The lowest BCUT2D eigenvalue weighted by Crippen LogP contribution is -2.62. The summed E-state index contributed by atoms with van der Waals surface area (Å²) in [6, 6.07) is 3.60. The molecule has 3 heterocycles. The molecule has 28 heavy (non-hydrogen) atoms. The fourth-order valence-electron chi connectivity index (χ4n) is 4.50. The van der Waals surface area contributed by atoms with Crippen LogP contribution in [0.15, 0.2) is 23.1 Å². The van der Waals surface area contributed by atoms with Crippen molar-refractivity contribution < 1.29 is 4.79 Å². The van der Waals surface area contributed by atoms with E-state index in [0.717, 1.165) is 18.5 Å². The zero-order chi connectivity index (χ0) is 20.9. The van der Waals surface area contributed by atoms with Crippen LogP contribution in [0.25, 0.3) is 11.0 Å². The molecule has 6 nitrogen and oxygen atoms in total. The summed E-state index contributed by atoms with van der Waals surface area (Å²) in [4.78, 5) is 32.9. The van der Waals surface area contributed by atoms with Gasteiger partial charge in [-0.1, -0.05) is 0 Å². The number of pyridine rings is 2. The molecule has 0 bridgehead atoms. The molecular formula is C22H32N4O2. The zero-order valence-electron chi connectivity index (χ0n) is 18.1. The fraction of sp³-hybridized carbons (Fsp3) is 0.591. The van der Waals surface area contributed by atoms with Crippen LogP contribution in [0, 0.1) is 6.92 Å². The summed E-state index contributed by atoms with van der Waals surface area (Å²) in [5.74, 6) is -0.296. The van der Waals surface area contributed by atoms with Crippen LogP contribution < -0.4 is 10.7 Å². The van der Waals surface area contributed by atoms with Gasteiger partial charge in [-0.15, -0.1) is 0 Å². The summed E-state index contributed by atoms with van der Waals surface area (Å²) in [6.07, 6.45) is 3.33. The molecule has 3 rings (SSSR count). The lowest BCUT2D eigenvalue weighted by molar-refractivity contribution is -0.0169. The average Bonchev–Trinajstić information content (AvgIpc) is 2.59. The first-order chi connectivity index (χ1) is 13.0. The summed E-state index contributed by atoms with van der Waals surface area (Å²) in [6.45, 7) is 13.3. The van der Waals surface area contributed by atoms with Gasteiger partial charge in [-0.05, 0) is 73.6 Å². The van der Waals surface area contributed by atoms with Crippen molar-refractivity contribution in [3.63, 3.8) is 0 Å². The number of likely N-dealkylation sites (tertiary alicyclic amines) is 1. The van der Waals surface area contributed by atoms with E-state index in [2.05, 4.69) is 49.9 Å². The van der Waals surface area contributed by atoms with Gasteiger partial charge in [-0.25, -0.2) is 4.98 Å². The lowest BCUT2D eigenvalue weighted by Gasteiger charge is -2.53. The Morgan fingerprint density at radius 1 is 1.21 bits per heavy atom. The standard InChI is InChI=1S/C22H32N4O2/c1-8-26-13-17(18(27)16-10-9-14(2)23-19(16)26)20(28)24-15-11-21(3,4)25(7)22(5,6)12-15/h9-10,13,15H,8,11-12H2,1-7H3,(H,24,28). The molecular weight excluding hydrogens is 352 g/mol. The molecule has 1 amide bonds. The number of carbonyl (C=O) groups is 1. The van der Waals surface area contributed by atoms with E-state index < -0.39 is 0 Å². The Labute approximate surface area is 166 Å². The minimum absolute atomic E-state index is 0.0232. The molecule has 0 saturated carbocycles. The van der Waals surface area contributed by atoms with Crippen molar-refractivity contribution in [2.24, 2.45) is 0 Å². The predicted octanol–water partition coefficient (Wildman–Crippen LogP) is 3.11. The van der Waals surface area contributed by atoms with Gasteiger partial charge in [0.05, 0.1) is 5.39 Å². The van der Waals surface area contributed by atoms with Crippen LogP contribution in [0.3, 0.4) is 0 Å². The quantitative estimate of drug-likeness (QED) is 0.883. The number of carbonyl (C=O) groups excluding carboxylic acids is 1. The van der Waals surface area contributed by atoms with Crippen LogP contribution in [0.5, 0.6) is 0 Å². The molecule has 6 heteroatoms. The third-order valence-corrected chi connectivity index (χ3v) is 6.29. The number of amides is 1. The van der Waals surface area contributed by atoms with Crippen molar-refractivity contribution in [3.8, 4) is 0 Å². The summed E-state index contributed by atoms with van der Waals surface area (Å²) in [5, 5.41) is 3.63. The van der Waals surface area contributed by atoms with Gasteiger partial charge in [0.1, 0.15) is 11.2 Å². The number of fused-ring (bicyclic) bond motifs is 1. The number of rotatable bonds is 3. The van der Waals surface area contributed by atoms with Gasteiger partial charge < -0.3 is 9.88 Å². The van der Waals surface area contributed by atoms with E-state index in [-0.39, 0.29) is 34.0 Å². The molecule has 1 fully saturated rings. The van der Waals surface area contributed by atoms with E-state index in [9.17, 15) is 9.59 Å². The minimum atomic E-state index is -0.296. The van der Waals surface area contributed by atoms with E-state index >= 15 is 0 Å². The highest BCUT2D eigenvalue weighted by Gasteiger charge is 2.43. The molecule has 2 aromatic heterocycles. The average molecular weight is 385 g/mol. The van der Waals surface area contributed by atoms with Gasteiger partial charge >= 0.3 is 0 Å². The monoisotopic (exact) mass is 384 g/mol.